The number of nitrogens with one attached hydrogen (secondary N) is 2. The lowest BCUT2D eigenvalue weighted by Gasteiger charge is -2.10. The molecule has 0 unspecified atom stereocenters. The van der Waals surface area contributed by atoms with Gasteiger partial charge in [-0.15, -0.1) is 0 Å². The third-order valence-corrected chi connectivity index (χ3v) is 3.41. The minimum atomic E-state index is -0.193. The van der Waals surface area contributed by atoms with Gasteiger partial charge in [-0.25, -0.2) is 9.97 Å². The van der Waals surface area contributed by atoms with Gasteiger partial charge in [0.1, 0.15) is 17.8 Å². The van der Waals surface area contributed by atoms with Gasteiger partial charge in [-0.05, 0) is 31.0 Å². The Morgan fingerprint density at radius 3 is 2.86 bits per heavy atom. The highest BCUT2D eigenvalue weighted by Crippen LogP contribution is 2.23. The number of amides is 1. The SMILES string of the molecule is CCCCNC(=O)c1cc(Nc2cc(Cl)ccc2C)ncn1. The maximum atomic E-state index is 12.0. The highest BCUT2D eigenvalue weighted by Gasteiger charge is 2.09. The molecule has 0 bridgehead atoms. The lowest BCUT2D eigenvalue weighted by Crippen LogP contribution is -2.25. The van der Waals surface area contributed by atoms with E-state index in [-0.39, 0.29) is 5.91 Å². The molecule has 1 heterocycles. The highest BCUT2D eigenvalue weighted by molar-refractivity contribution is 6.30. The number of aromatic nitrogens is 2. The molecule has 116 valence electrons. The standard InChI is InChI=1S/C16H19ClN4O/c1-3-4-7-18-16(22)14-9-15(20-10-19-14)21-13-8-12(17)6-5-11(13)2/h5-6,8-10H,3-4,7H2,1-2H3,(H,18,22)(H,19,20,21). The van der Waals surface area contributed by atoms with E-state index in [4.69, 9.17) is 11.6 Å². The summed E-state index contributed by atoms with van der Waals surface area (Å²) in [7, 11) is 0. The molecule has 6 heteroatoms. The summed E-state index contributed by atoms with van der Waals surface area (Å²) >= 11 is 6.00. The van der Waals surface area contributed by atoms with E-state index in [0.717, 1.165) is 24.1 Å². The van der Waals surface area contributed by atoms with Crippen LogP contribution in [0.5, 0.6) is 0 Å². The van der Waals surface area contributed by atoms with Crippen LogP contribution in [0.15, 0.2) is 30.6 Å². The Balaban J connectivity index is 2.11. The molecular weight excluding hydrogens is 300 g/mol. The average molecular weight is 319 g/mol. The van der Waals surface area contributed by atoms with Crippen LogP contribution in [0.3, 0.4) is 0 Å². The minimum absolute atomic E-state index is 0.193. The van der Waals surface area contributed by atoms with E-state index in [0.29, 0.717) is 23.1 Å². The van der Waals surface area contributed by atoms with Gasteiger partial charge >= 0.3 is 0 Å². The number of carbonyl (C=O) groups is 1. The fourth-order valence-electron chi connectivity index (χ4n) is 1.89. The van der Waals surface area contributed by atoms with E-state index in [1.54, 1.807) is 6.07 Å². The summed E-state index contributed by atoms with van der Waals surface area (Å²) in [5.74, 6) is 0.364. The van der Waals surface area contributed by atoms with Crippen molar-refractivity contribution in [1.29, 1.82) is 0 Å². The zero-order chi connectivity index (χ0) is 15.9. The molecule has 0 saturated heterocycles. The Kier molecular flexibility index (Phi) is 5.72. The van der Waals surface area contributed by atoms with Crippen LogP contribution < -0.4 is 10.6 Å². The molecule has 2 rings (SSSR count). The number of benzene rings is 1. The van der Waals surface area contributed by atoms with Gasteiger partial charge in [0.25, 0.3) is 5.91 Å². The molecule has 0 atom stereocenters. The van der Waals surface area contributed by atoms with Crippen molar-refractivity contribution < 1.29 is 4.79 Å². The Morgan fingerprint density at radius 1 is 1.27 bits per heavy atom. The Labute approximate surface area is 135 Å². The van der Waals surface area contributed by atoms with Crippen molar-refractivity contribution in [2.75, 3.05) is 11.9 Å². The predicted molar refractivity (Wildman–Crippen MR) is 88.7 cm³/mol. The monoisotopic (exact) mass is 318 g/mol. The number of nitrogens with zero attached hydrogens (tertiary/aromatic N) is 2. The summed E-state index contributed by atoms with van der Waals surface area (Å²) in [6.45, 7) is 4.69. The number of carbonyl (C=O) groups excluding carboxylic acids is 1. The number of anilines is 2. The lowest BCUT2D eigenvalue weighted by molar-refractivity contribution is 0.0948. The van der Waals surface area contributed by atoms with Gasteiger partial charge in [0.2, 0.25) is 0 Å². The number of halogens is 1. The summed E-state index contributed by atoms with van der Waals surface area (Å²) in [6.07, 6.45) is 3.35. The van der Waals surface area contributed by atoms with Crippen molar-refractivity contribution in [1.82, 2.24) is 15.3 Å². The molecule has 22 heavy (non-hydrogen) atoms. The molecule has 0 saturated carbocycles. The summed E-state index contributed by atoms with van der Waals surface area (Å²) in [5, 5.41) is 6.63. The molecule has 0 aliphatic rings. The van der Waals surface area contributed by atoms with Gasteiger partial charge in [-0.2, -0.15) is 0 Å². The van der Waals surface area contributed by atoms with Crippen LogP contribution in [0.1, 0.15) is 35.8 Å². The number of hydrogen-bond acceptors (Lipinski definition) is 4. The largest absolute Gasteiger partial charge is 0.351 e. The van der Waals surface area contributed by atoms with E-state index in [2.05, 4.69) is 27.5 Å². The smallest absolute Gasteiger partial charge is 0.270 e. The predicted octanol–water partition coefficient (Wildman–Crippen LogP) is 3.71. The van der Waals surface area contributed by atoms with E-state index in [9.17, 15) is 4.79 Å². The van der Waals surface area contributed by atoms with E-state index in [1.165, 1.54) is 6.33 Å². The van der Waals surface area contributed by atoms with Gasteiger partial charge in [-0.1, -0.05) is 31.0 Å². The number of rotatable bonds is 6. The van der Waals surface area contributed by atoms with E-state index in [1.807, 2.05) is 25.1 Å². The Bertz CT molecular complexity index is 660. The molecule has 0 fully saturated rings. The van der Waals surface area contributed by atoms with E-state index >= 15 is 0 Å². The van der Waals surface area contributed by atoms with Crippen LogP contribution in [0.2, 0.25) is 5.02 Å². The first-order valence-corrected chi connectivity index (χ1v) is 7.61. The van der Waals surface area contributed by atoms with Gasteiger partial charge in [0.05, 0.1) is 0 Å². The second-order valence-electron chi connectivity index (χ2n) is 4.98. The highest BCUT2D eigenvalue weighted by atomic mass is 35.5. The molecule has 2 aromatic rings. The molecule has 0 spiro atoms. The normalized spacial score (nSPS) is 10.3. The van der Waals surface area contributed by atoms with Crippen LogP contribution in [0.4, 0.5) is 11.5 Å². The van der Waals surface area contributed by atoms with Crippen LogP contribution in [0.25, 0.3) is 0 Å². The molecule has 0 aliphatic carbocycles. The van der Waals surface area contributed by atoms with Gasteiger partial charge in [0, 0.05) is 23.3 Å². The van der Waals surface area contributed by atoms with E-state index < -0.39 is 0 Å². The first kappa shape index (κ1) is 16.2. The molecule has 1 amide bonds. The topological polar surface area (TPSA) is 66.9 Å². The number of aryl methyl sites for hydroxylation is 1. The fourth-order valence-corrected chi connectivity index (χ4v) is 2.06. The van der Waals surface area contributed by atoms with Crippen molar-refractivity contribution in [2.45, 2.75) is 26.7 Å². The quantitative estimate of drug-likeness (QED) is 0.797. The average Bonchev–Trinajstić information content (AvgIpc) is 2.51. The third-order valence-electron chi connectivity index (χ3n) is 3.18. The first-order chi connectivity index (χ1) is 10.6. The van der Waals surface area contributed by atoms with Gasteiger partial charge in [0.15, 0.2) is 0 Å². The van der Waals surface area contributed by atoms with Gasteiger partial charge in [-0.3, -0.25) is 4.79 Å². The van der Waals surface area contributed by atoms with Crippen LogP contribution in [-0.2, 0) is 0 Å². The summed E-state index contributed by atoms with van der Waals surface area (Å²) in [4.78, 5) is 20.1. The Morgan fingerprint density at radius 2 is 2.09 bits per heavy atom. The zero-order valence-electron chi connectivity index (χ0n) is 12.7. The molecule has 2 N–H and O–H groups in total. The maximum Gasteiger partial charge on any atom is 0.270 e. The zero-order valence-corrected chi connectivity index (χ0v) is 13.4. The number of unbranched alkanes of at least 4 members (excludes halogenated alkanes) is 1. The molecule has 0 radical (unpaired) electrons. The fraction of sp³-hybridized carbons (Fsp3) is 0.312. The molecular formula is C16H19ClN4O. The Hall–Kier alpha value is -2.14. The number of hydrogen-bond donors (Lipinski definition) is 2. The van der Waals surface area contributed by atoms with Crippen molar-refractivity contribution in [2.24, 2.45) is 0 Å². The summed E-state index contributed by atoms with van der Waals surface area (Å²) in [5.41, 5.74) is 2.23. The van der Waals surface area contributed by atoms with Crippen molar-refractivity contribution in [3.63, 3.8) is 0 Å². The lowest BCUT2D eigenvalue weighted by atomic mass is 10.2. The van der Waals surface area contributed by atoms with Crippen molar-refractivity contribution >= 4 is 29.0 Å². The van der Waals surface area contributed by atoms with Crippen molar-refractivity contribution in [3.05, 3.63) is 46.9 Å². The minimum Gasteiger partial charge on any atom is -0.351 e. The first-order valence-electron chi connectivity index (χ1n) is 7.23. The third kappa shape index (κ3) is 4.43. The molecule has 0 aliphatic heterocycles. The second-order valence-corrected chi connectivity index (χ2v) is 5.42. The van der Waals surface area contributed by atoms with Crippen LogP contribution in [-0.4, -0.2) is 22.4 Å². The molecule has 1 aromatic heterocycles. The second kappa shape index (κ2) is 7.75. The maximum absolute atomic E-state index is 12.0. The molecule has 1 aromatic carbocycles. The summed E-state index contributed by atoms with van der Waals surface area (Å²) in [6, 6.07) is 7.19. The van der Waals surface area contributed by atoms with Crippen LogP contribution in [0, 0.1) is 6.92 Å². The molecule has 5 nitrogen and oxygen atoms in total. The van der Waals surface area contributed by atoms with Gasteiger partial charge < -0.3 is 10.6 Å². The summed E-state index contributed by atoms with van der Waals surface area (Å²) < 4.78 is 0. The van der Waals surface area contributed by atoms with Crippen LogP contribution >= 0.6 is 11.6 Å². The van der Waals surface area contributed by atoms with Crippen molar-refractivity contribution in [3.8, 4) is 0 Å².